The average Bonchev–Trinajstić information content (AvgIpc) is 2.92. The number of piperidine rings is 1. The fourth-order valence-corrected chi connectivity index (χ4v) is 5.81. The summed E-state index contributed by atoms with van der Waals surface area (Å²) in [5.74, 6) is 1.32. The molecule has 1 aliphatic rings. The molecule has 0 aromatic heterocycles. The zero-order valence-corrected chi connectivity index (χ0v) is 24.2. The number of hydrogen-bond acceptors (Lipinski definition) is 5. The number of nitrogens with zero attached hydrogens (tertiary/aromatic N) is 1. The molecule has 7 nitrogen and oxygen atoms in total. The van der Waals surface area contributed by atoms with Crippen molar-refractivity contribution in [1.82, 2.24) is 10.2 Å². The quantitative estimate of drug-likeness (QED) is 0.239. The lowest BCUT2D eigenvalue weighted by atomic mass is 9.99. The summed E-state index contributed by atoms with van der Waals surface area (Å²) in [6.07, 6.45) is 4.30. The SMILES string of the molecule is CC1CCN(CCCCNC(=O)c2cc(Cl)ccc2NS(=O)(=O)c2ccc(Oc3ccccc3Cl)cc2)CC1. The van der Waals surface area contributed by atoms with E-state index in [-0.39, 0.29) is 22.1 Å². The number of halogens is 2. The number of carbonyl (C=O) groups excluding carboxylic acids is 1. The Morgan fingerprint density at radius 2 is 1.72 bits per heavy atom. The van der Waals surface area contributed by atoms with E-state index >= 15 is 0 Å². The van der Waals surface area contributed by atoms with Crippen molar-refractivity contribution in [2.45, 2.75) is 37.5 Å². The largest absolute Gasteiger partial charge is 0.456 e. The monoisotopic (exact) mass is 589 g/mol. The highest BCUT2D eigenvalue weighted by atomic mass is 35.5. The smallest absolute Gasteiger partial charge is 0.261 e. The molecule has 1 saturated heterocycles. The molecule has 0 atom stereocenters. The summed E-state index contributed by atoms with van der Waals surface area (Å²) < 4.78 is 34.5. The molecule has 208 valence electrons. The van der Waals surface area contributed by atoms with E-state index in [0.29, 0.717) is 28.1 Å². The highest BCUT2D eigenvalue weighted by Crippen LogP contribution is 2.30. The van der Waals surface area contributed by atoms with Crippen LogP contribution in [0.4, 0.5) is 5.69 Å². The number of likely N-dealkylation sites (tertiary alicyclic amines) is 1. The third kappa shape index (κ3) is 8.35. The maximum Gasteiger partial charge on any atom is 0.261 e. The second kappa shape index (κ2) is 13.5. The molecule has 3 aromatic rings. The summed E-state index contributed by atoms with van der Waals surface area (Å²) in [6, 6.07) is 17.4. The number of rotatable bonds is 11. The summed E-state index contributed by atoms with van der Waals surface area (Å²) in [5.41, 5.74) is 0.311. The fraction of sp³-hybridized carbons (Fsp3) is 0.345. The maximum atomic E-state index is 13.1. The van der Waals surface area contributed by atoms with E-state index in [4.69, 9.17) is 27.9 Å². The Balaban J connectivity index is 1.35. The van der Waals surface area contributed by atoms with Gasteiger partial charge in [0.1, 0.15) is 11.5 Å². The summed E-state index contributed by atoms with van der Waals surface area (Å²) in [6.45, 7) is 6.08. The van der Waals surface area contributed by atoms with E-state index in [1.54, 1.807) is 24.3 Å². The Hall–Kier alpha value is -2.78. The van der Waals surface area contributed by atoms with Crippen LogP contribution < -0.4 is 14.8 Å². The van der Waals surface area contributed by atoms with Crippen LogP contribution in [0.1, 0.15) is 43.0 Å². The van der Waals surface area contributed by atoms with Gasteiger partial charge in [0, 0.05) is 11.6 Å². The predicted molar refractivity (Wildman–Crippen MR) is 157 cm³/mol. The first-order valence-electron chi connectivity index (χ1n) is 13.1. The van der Waals surface area contributed by atoms with Crippen molar-refractivity contribution in [3.05, 3.63) is 82.3 Å². The van der Waals surface area contributed by atoms with Crippen molar-refractivity contribution in [2.75, 3.05) is 30.9 Å². The van der Waals surface area contributed by atoms with Gasteiger partial charge >= 0.3 is 0 Å². The van der Waals surface area contributed by atoms with Gasteiger partial charge in [-0.3, -0.25) is 9.52 Å². The lowest BCUT2D eigenvalue weighted by Gasteiger charge is -2.30. The second-order valence-electron chi connectivity index (χ2n) is 9.79. The third-order valence-corrected chi connectivity index (χ3v) is 8.66. The van der Waals surface area contributed by atoms with E-state index < -0.39 is 10.0 Å². The molecule has 1 heterocycles. The number of hydrogen-bond donors (Lipinski definition) is 2. The van der Waals surface area contributed by atoms with Crippen LogP contribution in [0.25, 0.3) is 0 Å². The number of benzene rings is 3. The molecule has 39 heavy (non-hydrogen) atoms. The van der Waals surface area contributed by atoms with Crippen molar-refractivity contribution in [1.29, 1.82) is 0 Å². The molecule has 4 rings (SSSR count). The zero-order chi connectivity index (χ0) is 27.8. The van der Waals surface area contributed by atoms with Crippen LogP contribution in [-0.2, 0) is 10.0 Å². The molecule has 0 saturated carbocycles. The standard InChI is InChI=1S/C29H33Cl2N3O4S/c1-21-14-18-34(19-15-21)17-5-4-16-32-29(35)25-20-22(30)8-13-27(25)33-39(36,37)24-11-9-23(10-12-24)38-28-7-3-2-6-26(28)31/h2-3,6-13,20-21,33H,4-5,14-19H2,1H3,(H,32,35). The Morgan fingerprint density at radius 1 is 1.00 bits per heavy atom. The molecular formula is C29H33Cl2N3O4S. The number of anilines is 1. The number of ether oxygens (including phenoxy) is 1. The summed E-state index contributed by atoms with van der Waals surface area (Å²) in [4.78, 5) is 15.4. The van der Waals surface area contributed by atoms with E-state index in [1.807, 2.05) is 0 Å². The maximum absolute atomic E-state index is 13.1. The van der Waals surface area contributed by atoms with Gasteiger partial charge in [-0.05, 0) is 106 Å². The second-order valence-corrected chi connectivity index (χ2v) is 12.3. The van der Waals surface area contributed by atoms with Crippen LogP contribution in [0.15, 0.2) is 71.6 Å². The number of para-hydroxylation sites is 1. The third-order valence-electron chi connectivity index (χ3n) is 6.73. The highest BCUT2D eigenvalue weighted by Gasteiger charge is 2.20. The Morgan fingerprint density at radius 3 is 2.44 bits per heavy atom. The molecule has 0 unspecified atom stereocenters. The van der Waals surface area contributed by atoms with Crippen LogP contribution >= 0.6 is 23.2 Å². The summed E-state index contributed by atoms with van der Waals surface area (Å²) in [5, 5.41) is 3.68. The minimum atomic E-state index is -3.99. The van der Waals surface area contributed by atoms with Gasteiger partial charge in [0.15, 0.2) is 0 Å². The molecule has 10 heteroatoms. The van der Waals surface area contributed by atoms with Crippen molar-refractivity contribution in [3.63, 3.8) is 0 Å². The Bertz CT molecular complexity index is 1380. The Labute approximate surface area is 240 Å². The lowest BCUT2D eigenvalue weighted by Crippen LogP contribution is -2.34. The van der Waals surface area contributed by atoms with E-state index in [9.17, 15) is 13.2 Å². The van der Waals surface area contributed by atoms with Gasteiger partial charge in [0.2, 0.25) is 0 Å². The molecule has 1 amide bonds. The van der Waals surface area contributed by atoms with Gasteiger partial charge in [0.25, 0.3) is 15.9 Å². The summed E-state index contributed by atoms with van der Waals surface area (Å²) in [7, 11) is -3.99. The molecule has 0 bridgehead atoms. The number of amides is 1. The number of carbonyl (C=O) groups is 1. The summed E-state index contributed by atoms with van der Waals surface area (Å²) >= 11 is 12.3. The van der Waals surface area contributed by atoms with Gasteiger partial charge in [-0.2, -0.15) is 0 Å². The first kappa shape index (κ1) is 29.2. The van der Waals surface area contributed by atoms with E-state index in [0.717, 1.165) is 38.4 Å². The molecule has 0 spiro atoms. The molecule has 1 aliphatic heterocycles. The molecule has 3 aromatic carbocycles. The molecular weight excluding hydrogens is 557 g/mol. The normalized spacial score (nSPS) is 14.6. The van der Waals surface area contributed by atoms with Crippen molar-refractivity contribution < 1.29 is 17.9 Å². The van der Waals surface area contributed by atoms with E-state index in [2.05, 4.69) is 21.9 Å². The van der Waals surface area contributed by atoms with Crippen LogP contribution in [0.3, 0.4) is 0 Å². The molecule has 0 aliphatic carbocycles. The minimum Gasteiger partial charge on any atom is -0.456 e. The number of unbranched alkanes of at least 4 members (excludes halogenated alkanes) is 1. The van der Waals surface area contributed by atoms with Crippen molar-refractivity contribution in [3.8, 4) is 11.5 Å². The van der Waals surface area contributed by atoms with Crippen LogP contribution in [0.5, 0.6) is 11.5 Å². The van der Waals surface area contributed by atoms with Gasteiger partial charge in [-0.25, -0.2) is 8.42 Å². The topological polar surface area (TPSA) is 87.7 Å². The van der Waals surface area contributed by atoms with Crippen molar-refractivity contribution in [2.24, 2.45) is 5.92 Å². The first-order valence-corrected chi connectivity index (χ1v) is 15.3. The number of sulfonamides is 1. The van der Waals surface area contributed by atoms with Crippen molar-refractivity contribution >= 4 is 44.8 Å². The average molecular weight is 591 g/mol. The molecule has 1 fully saturated rings. The van der Waals surface area contributed by atoms with Crippen LogP contribution in [-0.4, -0.2) is 45.4 Å². The highest BCUT2D eigenvalue weighted by molar-refractivity contribution is 7.92. The zero-order valence-electron chi connectivity index (χ0n) is 21.8. The van der Waals surface area contributed by atoms with E-state index in [1.165, 1.54) is 55.3 Å². The van der Waals surface area contributed by atoms with Gasteiger partial charge in [-0.15, -0.1) is 0 Å². The van der Waals surface area contributed by atoms with Crippen LogP contribution in [0, 0.1) is 5.92 Å². The predicted octanol–water partition coefficient (Wildman–Crippen LogP) is 6.83. The lowest BCUT2D eigenvalue weighted by molar-refractivity contribution is 0.0953. The molecule has 0 radical (unpaired) electrons. The fourth-order valence-electron chi connectivity index (χ4n) is 4.38. The number of nitrogens with one attached hydrogen (secondary N) is 2. The van der Waals surface area contributed by atoms with Gasteiger partial charge in [0.05, 0.1) is 21.2 Å². The minimum absolute atomic E-state index is 0.0161. The van der Waals surface area contributed by atoms with Gasteiger partial charge < -0.3 is 15.0 Å². The van der Waals surface area contributed by atoms with Gasteiger partial charge in [-0.1, -0.05) is 42.3 Å². The Kier molecular flexibility index (Phi) is 10.1. The molecule has 2 N–H and O–H groups in total. The van der Waals surface area contributed by atoms with Crippen LogP contribution in [0.2, 0.25) is 10.0 Å². The first-order chi connectivity index (χ1) is 18.7.